The molecule has 0 amide bonds. The van der Waals surface area contributed by atoms with E-state index in [4.69, 9.17) is 4.74 Å². The zero-order valence-electron chi connectivity index (χ0n) is 24.0. The molecule has 2 aromatic carbocycles. The van der Waals surface area contributed by atoms with E-state index in [1.807, 2.05) is 24.5 Å². The normalized spacial score (nSPS) is 19.4. The topological polar surface area (TPSA) is 102 Å². The Kier molecular flexibility index (Phi) is 9.67. The minimum atomic E-state index is -3.23. The van der Waals surface area contributed by atoms with E-state index < -0.39 is 27.9 Å². The molecule has 1 fully saturated rings. The summed E-state index contributed by atoms with van der Waals surface area (Å²) in [6, 6.07) is 8.70. The summed E-state index contributed by atoms with van der Waals surface area (Å²) >= 11 is 1.53. The lowest BCUT2D eigenvalue weighted by Crippen LogP contribution is -2.38. The van der Waals surface area contributed by atoms with Gasteiger partial charge in [0, 0.05) is 40.9 Å². The number of aliphatic carboxylic acids is 1. The molecule has 0 unspecified atom stereocenters. The fraction of sp³-hybridized carbons (Fsp3) is 0.567. The number of hydrogen-bond acceptors (Lipinski definition) is 7. The van der Waals surface area contributed by atoms with Gasteiger partial charge in [-0.3, -0.25) is 19.2 Å². The van der Waals surface area contributed by atoms with Crippen molar-refractivity contribution in [3.05, 3.63) is 41.7 Å². The van der Waals surface area contributed by atoms with Gasteiger partial charge in [0.25, 0.3) is 0 Å². The first-order valence-corrected chi connectivity index (χ1v) is 17.0. The Morgan fingerprint density at radius 2 is 1.82 bits per heavy atom. The van der Waals surface area contributed by atoms with Gasteiger partial charge >= 0.3 is 5.97 Å². The monoisotopic (exact) mass is 594 g/mol. The Hall–Kier alpha value is -1.98. The number of halogens is 1. The third-order valence-corrected chi connectivity index (χ3v) is 11.2. The third-order valence-electron chi connectivity index (χ3n) is 8.35. The number of hydrogen-bond donors (Lipinski definition) is 4. The molecule has 2 aliphatic rings. The van der Waals surface area contributed by atoms with Crippen molar-refractivity contribution in [2.45, 2.75) is 87.1 Å². The molecule has 4 N–H and O–H groups in total. The lowest BCUT2D eigenvalue weighted by atomic mass is 9.79. The second kappa shape index (κ2) is 12.5. The number of nitrogens with zero attached hydrogens (tertiary/aromatic N) is 1. The summed E-state index contributed by atoms with van der Waals surface area (Å²) < 4.78 is 43.9. The van der Waals surface area contributed by atoms with Crippen LogP contribution >= 0.6 is 22.4 Å². The van der Waals surface area contributed by atoms with Gasteiger partial charge in [0.2, 0.25) is 0 Å². The van der Waals surface area contributed by atoms with Crippen LogP contribution in [-0.2, 0) is 11.3 Å². The third kappa shape index (κ3) is 6.41. The van der Waals surface area contributed by atoms with Gasteiger partial charge in [0.15, 0.2) is 11.6 Å². The van der Waals surface area contributed by atoms with Gasteiger partial charge in [-0.25, -0.2) is 4.39 Å². The van der Waals surface area contributed by atoms with E-state index >= 15 is 4.39 Å². The molecule has 0 aromatic heterocycles. The van der Waals surface area contributed by atoms with Crippen LogP contribution in [-0.4, -0.2) is 51.4 Å². The lowest BCUT2D eigenvalue weighted by Gasteiger charge is -2.42. The maximum Gasteiger partial charge on any atom is 0.323 e. The van der Waals surface area contributed by atoms with Gasteiger partial charge in [0.05, 0.1) is 17.7 Å². The van der Waals surface area contributed by atoms with Gasteiger partial charge in [-0.15, -0.1) is 11.8 Å². The molecule has 10 heteroatoms. The van der Waals surface area contributed by atoms with Crippen molar-refractivity contribution >= 4 is 39.7 Å². The van der Waals surface area contributed by atoms with E-state index in [1.54, 1.807) is 6.07 Å². The number of nitrogens with one attached hydrogen (secondary N) is 1. The smallest absolute Gasteiger partial charge is 0.323 e. The van der Waals surface area contributed by atoms with E-state index in [2.05, 4.69) is 24.1 Å². The summed E-state index contributed by atoms with van der Waals surface area (Å²) in [5.74, 6) is -0.932. The van der Waals surface area contributed by atoms with E-state index in [9.17, 15) is 19.0 Å². The van der Waals surface area contributed by atoms with Crippen molar-refractivity contribution in [1.29, 1.82) is 0 Å². The number of methoxy groups -OCH3 is 1. The van der Waals surface area contributed by atoms with Gasteiger partial charge < -0.3 is 14.7 Å². The van der Waals surface area contributed by atoms with E-state index in [-0.39, 0.29) is 16.9 Å². The Morgan fingerprint density at radius 3 is 2.35 bits per heavy atom. The number of carboxylic acids is 1. The largest absolute Gasteiger partial charge is 0.494 e. The predicted octanol–water partition coefficient (Wildman–Crippen LogP) is 7.89. The average molecular weight is 595 g/mol. The molecule has 4 rings (SSSR count). The Morgan fingerprint density at radius 1 is 1.15 bits per heavy atom. The Balaban J connectivity index is 1.86. The van der Waals surface area contributed by atoms with E-state index in [0.29, 0.717) is 42.2 Å². The molecule has 1 heterocycles. The second-order valence-corrected chi connectivity index (χ2v) is 14.2. The van der Waals surface area contributed by atoms with Crippen molar-refractivity contribution in [3.8, 4) is 5.75 Å². The fourth-order valence-electron chi connectivity index (χ4n) is 5.80. The highest BCUT2D eigenvalue weighted by molar-refractivity contribution is 8.24. The van der Waals surface area contributed by atoms with Gasteiger partial charge in [-0.05, 0) is 61.8 Å². The molecular weight excluding hydrogens is 551 g/mol. The lowest BCUT2D eigenvalue weighted by molar-refractivity contribution is -0.140. The number of rotatable bonds is 13. The molecule has 2 aromatic rings. The van der Waals surface area contributed by atoms with Crippen molar-refractivity contribution in [2.75, 3.05) is 30.6 Å². The van der Waals surface area contributed by atoms with Crippen LogP contribution in [0.25, 0.3) is 0 Å². The van der Waals surface area contributed by atoms with Gasteiger partial charge in [-0.1, -0.05) is 39.5 Å². The number of fused-ring (bicyclic) bond motifs is 1. The first-order chi connectivity index (χ1) is 19.0. The summed E-state index contributed by atoms with van der Waals surface area (Å²) in [4.78, 5) is 15.2. The van der Waals surface area contributed by atoms with Crippen molar-refractivity contribution < 1.29 is 28.1 Å². The highest BCUT2D eigenvalue weighted by atomic mass is 32.3. The maximum atomic E-state index is 15.0. The molecule has 40 heavy (non-hydrogen) atoms. The molecule has 222 valence electrons. The molecule has 7 nitrogen and oxygen atoms in total. The molecule has 0 bridgehead atoms. The predicted molar refractivity (Wildman–Crippen MR) is 162 cm³/mol. The molecule has 0 saturated heterocycles. The summed E-state index contributed by atoms with van der Waals surface area (Å²) in [6.07, 6.45) is 8.70. The Labute approximate surface area is 243 Å². The number of carboxylic acid groups (broad SMARTS) is 1. The average Bonchev–Trinajstić information content (AvgIpc) is 3.74. The highest BCUT2D eigenvalue weighted by Gasteiger charge is 2.50. The fourth-order valence-corrected chi connectivity index (χ4v) is 8.65. The van der Waals surface area contributed by atoms with Crippen LogP contribution in [0.5, 0.6) is 5.75 Å². The zero-order chi connectivity index (χ0) is 29.1. The number of unbranched alkanes of at least 4 members (excludes halogenated alkanes) is 2. The minimum Gasteiger partial charge on any atom is -0.494 e. The number of benzene rings is 2. The van der Waals surface area contributed by atoms with Crippen molar-refractivity contribution in [3.63, 3.8) is 0 Å². The molecule has 0 spiro atoms. The zero-order valence-corrected chi connectivity index (χ0v) is 25.6. The van der Waals surface area contributed by atoms with Crippen LogP contribution in [0.3, 0.4) is 0 Å². The molecular formula is C30H43FN2O5S2. The molecule has 1 aliphatic carbocycles. The number of carbonyl (C=O) groups is 1. The Bertz CT molecular complexity index is 1210. The first kappa shape index (κ1) is 31.0. The molecule has 1 saturated carbocycles. The molecule has 1 aliphatic heterocycles. The standard InChI is InChI=1S/C30H43FN2O5S2/c1-5-7-11-29(12-8-6-2)19-33(22-9-10-25(38-3)23(31)16-22)24-17-26(39-4)21(15-27(24)40(36,37)20-29)18-32-30(13-14-30)28(34)35/h9-10,15-17,32,36-37H,5-8,11-14,18-20H2,1-4H3,(H,34,35). The van der Waals surface area contributed by atoms with Crippen LogP contribution in [0.4, 0.5) is 15.8 Å². The number of thioether (sulfide) groups is 1. The number of anilines is 2. The van der Waals surface area contributed by atoms with Crippen LogP contribution in [0.1, 0.15) is 70.8 Å². The maximum absolute atomic E-state index is 15.0. The summed E-state index contributed by atoms with van der Waals surface area (Å²) in [5, 5.41) is 12.9. The van der Waals surface area contributed by atoms with Crippen LogP contribution in [0.2, 0.25) is 0 Å². The number of ether oxygens (including phenoxy) is 1. The highest BCUT2D eigenvalue weighted by Crippen LogP contribution is 2.61. The quantitative estimate of drug-likeness (QED) is 0.174. The summed E-state index contributed by atoms with van der Waals surface area (Å²) in [5.41, 5.74) is 0.836. The molecule has 0 atom stereocenters. The summed E-state index contributed by atoms with van der Waals surface area (Å²) in [7, 11) is -1.79. The first-order valence-electron chi connectivity index (χ1n) is 14.1. The molecule has 0 radical (unpaired) electrons. The van der Waals surface area contributed by atoms with Crippen LogP contribution in [0, 0.1) is 11.2 Å². The second-order valence-electron chi connectivity index (χ2n) is 11.3. The van der Waals surface area contributed by atoms with E-state index in [0.717, 1.165) is 49.0 Å². The van der Waals surface area contributed by atoms with Crippen molar-refractivity contribution in [2.24, 2.45) is 5.41 Å². The van der Waals surface area contributed by atoms with Crippen LogP contribution in [0.15, 0.2) is 40.1 Å². The van der Waals surface area contributed by atoms with Gasteiger partial charge in [-0.2, -0.15) is 10.6 Å². The minimum absolute atomic E-state index is 0.157. The van der Waals surface area contributed by atoms with Gasteiger partial charge in [0.1, 0.15) is 5.54 Å². The van der Waals surface area contributed by atoms with Crippen molar-refractivity contribution in [1.82, 2.24) is 5.32 Å². The van der Waals surface area contributed by atoms with Crippen LogP contribution < -0.4 is 15.0 Å². The summed E-state index contributed by atoms with van der Waals surface area (Å²) in [6.45, 7) is 5.12. The van der Waals surface area contributed by atoms with E-state index in [1.165, 1.54) is 24.9 Å². The SMILES string of the molecule is CCCCC1(CCCC)CN(c2ccc(OC)c(F)c2)c2cc(SC)c(CNC3(C(=O)O)CC3)cc2S(O)(O)C1.